The van der Waals surface area contributed by atoms with Gasteiger partial charge in [-0.2, -0.15) is 0 Å². The van der Waals surface area contributed by atoms with E-state index in [1.165, 1.54) is 11.3 Å². The van der Waals surface area contributed by atoms with Crippen LogP contribution in [0.5, 0.6) is 0 Å². The monoisotopic (exact) mass is 419 g/mol. The summed E-state index contributed by atoms with van der Waals surface area (Å²) in [6.45, 7) is 1.94. The lowest BCUT2D eigenvalue weighted by molar-refractivity contribution is 0.905. The topological polar surface area (TPSA) is 67.8 Å². The second-order valence-electron chi connectivity index (χ2n) is 6.72. The van der Waals surface area contributed by atoms with Crippen LogP contribution >= 0.6 is 22.9 Å². The van der Waals surface area contributed by atoms with E-state index in [-0.39, 0.29) is 5.56 Å². The maximum absolute atomic E-state index is 13.3. The number of pyridine rings is 1. The van der Waals surface area contributed by atoms with Crippen molar-refractivity contribution < 1.29 is 0 Å². The van der Waals surface area contributed by atoms with Crippen LogP contribution in [0.3, 0.4) is 0 Å². The highest BCUT2D eigenvalue weighted by atomic mass is 35.5. The van der Waals surface area contributed by atoms with E-state index in [9.17, 15) is 9.59 Å². The van der Waals surface area contributed by atoms with Crippen molar-refractivity contribution in [3.8, 4) is 16.1 Å². The maximum atomic E-state index is 13.3. The van der Waals surface area contributed by atoms with Crippen LogP contribution in [0.2, 0.25) is 5.02 Å². The fraction of sp³-hybridized carbons (Fsp3) is 0.0455. The Kier molecular flexibility index (Phi) is 4.12. The molecule has 0 fully saturated rings. The summed E-state index contributed by atoms with van der Waals surface area (Å²) in [5, 5.41) is 2.31. The lowest BCUT2D eigenvalue weighted by Crippen LogP contribution is -2.33. The molecular weight excluding hydrogens is 406 g/mol. The zero-order valence-corrected chi connectivity index (χ0v) is 16.8. The standard InChI is InChI=1S/C22H14ClN3O2S/c1-12-14(7-4-8-16(12)23)19-9-17-20(29-19)21(27)26(22(28)25-17)18-11-24-10-13-5-2-3-6-15(13)18/h2-11H,1H3,(H,25,28). The van der Waals surface area contributed by atoms with Gasteiger partial charge < -0.3 is 4.98 Å². The molecule has 5 aromatic rings. The van der Waals surface area contributed by atoms with Crippen LogP contribution in [-0.4, -0.2) is 14.5 Å². The van der Waals surface area contributed by atoms with Gasteiger partial charge in [0.15, 0.2) is 0 Å². The minimum Gasteiger partial charge on any atom is -0.306 e. The minimum atomic E-state index is -0.493. The minimum absolute atomic E-state index is 0.363. The number of rotatable bonds is 2. The molecule has 0 amide bonds. The number of thiophene rings is 1. The van der Waals surface area contributed by atoms with E-state index in [0.29, 0.717) is 20.9 Å². The third-order valence-corrected chi connectivity index (χ3v) is 6.56. The number of nitrogens with zero attached hydrogens (tertiary/aromatic N) is 2. The van der Waals surface area contributed by atoms with Crippen LogP contribution in [0, 0.1) is 6.92 Å². The van der Waals surface area contributed by atoms with E-state index < -0.39 is 5.69 Å². The Balaban J connectivity index is 1.80. The Hall–Kier alpha value is -3.22. The van der Waals surface area contributed by atoms with Crippen molar-refractivity contribution in [2.45, 2.75) is 6.92 Å². The van der Waals surface area contributed by atoms with Crippen molar-refractivity contribution in [2.75, 3.05) is 0 Å². The summed E-state index contributed by atoms with van der Waals surface area (Å²) >= 11 is 7.59. The molecule has 5 nitrogen and oxygen atoms in total. The van der Waals surface area contributed by atoms with Crippen LogP contribution in [0.1, 0.15) is 5.56 Å². The summed E-state index contributed by atoms with van der Waals surface area (Å²) in [5.41, 5.74) is 2.00. The average Bonchev–Trinajstić information content (AvgIpc) is 3.14. The van der Waals surface area contributed by atoms with Crippen molar-refractivity contribution in [3.63, 3.8) is 0 Å². The van der Waals surface area contributed by atoms with Gasteiger partial charge in [0.25, 0.3) is 5.56 Å². The van der Waals surface area contributed by atoms with E-state index >= 15 is 0 Å². The molecule has 0 bridgehead atoms. The molecule has 0 radical (unpaired) electrons. The van der Waals surface area contributed by atoms with Crippen LogP contribution in [0.25, 0.3) is 37.1 Å². The third-order valence-electron chi connectivity index (χ3n) is 5.00. The van der Waals surface area contributed by atoms with Gasteiger partial charge in [-0.15, -0.1) is 11.3 Å². The molecule has 0 spiro atoms. The van der Waals surface area contributed by atoms with Gasteiger partial charge in [-0.05, 0) is 30.2 Å². The molecule has 0 unspecified atom stereocenters. The summed E-state index contributed by atoms with van der Waals surface area (Å²) in [6, 6.07) is 15.0. The van der Waals surface area contributed by atoms with Crippen LogP contribution in [-0.2, 0) is 0 Å². The van der Waals surface area contributed by atoms with Crippen molar-refractivity contribution in [3.05, 3.63) is 92.3 Å². The van der Waals surface area contributed by atoms with E-state index in [2.05, 4.69) is 9.97 Å². The van der Waals surface area contributed by atoms with Crippen LogP contribution < -0.4 is 11.2 Å². The van der Waals surface area contributed by atoms with E-state index in [1.54, 1.807) is 12.4 Å². The SMILES string of the molecule is Cc1c(Cl)cccc1-c1cc2[nH]c(=O)n(-c3cncc4ccccc34)c(=O)c2s1. The molecule has 0 aliphatic rings. The van der Waals surface area contributed by atoms with Crippen molar-refractivity contribution in [1.29, 1.82) is 0 Å². The predicted octanol–water partition coefficient (Wildman–Crippen LogP) is 4.92. The van der Waals surface area contributed by atoms with Gasteiger partial charge >= 0.3 is 5.69 Å². The number of benzene rings is 2. The molecule has 3 heterocycles. The maximum Gasteiger partial charge on any atom is 0.333 e. The second kappa shape index (κ2) is 6.69. The van der Waals surface area contributed by atoms with E-state index in [0.717, 1.165) is 31.3 Å². The summed E-state index contributed by atoms with van der Waals surface area (Å²) in [5.74, 6) is 0. The van der Waals surface area contributed by atoms with Gasteiger partial charge in [0.2, 0.25) is 0 Å². The Morgan fingerprint density at radius 1 is 1.07 bits per heavy atom. The first-order valence-electron chi connectivity index (χ1n) is 8.92. The van der Waals surface area contributed by atoms with E-state index in [4.69, 9.17) is 11.6 Å². The molecule has 0 atom stereocenters. The number of aromatic amines is 1. The second-order valence-corrected chi connectivity index (χ2v) is 8.18. The van der Waals surface area contributed by atoms with Gasteiger partial charge in [0, 0.05) is 26.9 Å². The van der Waals surface area contributed by atoms with Gasteiger partial charge in [-0.1, -0.05) is 48.0 Å². The predicted molar refractivity (Wildman–Crippen MR) is 119 cm³/mol. The normalized spacial score (nSPS) is 11.4. The molecule has 0 aliphatic carbocycles. The van der Waals surface area contributed by atoms with Crippen molar-refractivity contribution >= 4 is 43.9 Å². The molecular formula is C22H14ClN3O2S. The number of aromatic nitrogens is 3. The molecule has 5 rings (SSSR count). The number of fused-ring (bicyclic) bond motifs is 2. The van der Waals surface area contributed by atoms with Gasteiger partial charge in [0.05, 0.1) is 17.4 Å². The summed E-state index contributed by atoms with van der Waals surface area (Å²) in [6.07, 6.45) is 3.25. The quantitative estimate of drug-likeness (QED) is 0.441. The number of halogens is 1. The smallest absolute Gasteiger partial charge is 0.306 e. The molecule has 0 saturated carbocycles. The first-order valence-corrected chi connectivity index (χ1v) is 10.1. The van der Waals surface area contributed by atoms with Crippen LogP contribution in [0.15, 0.2) is 70.5 Å². The highest BCUT2D eigenvalue weighted by Crippen LogP contribution is 2.35. The largest absolute Gasteiger partial charge is 0.333 e. The molecule has 2 aromatic carbocycles. The number of hydrogen-bond acceptors (Lipinski definition) is 4. The van der Waals surface area contributed by atoms with Gasteiger partial charge in [-0.25, -0.2) is 9.36 Å². The van der Waals surface area contributed by atoms with E-state index in [1.807, 2.05) is 55.5 Å². The molecule has 7 heteroatoms. The third kappa shape index (κ3) is 2.80. The first kappa shape index (κ1) is 17.8. The summed E-state index contributed by atoms with van der Waals surface area (Å²) in [4.78, 5) is 34.0. The van der Waals surface area contributed by atoms with Crippen LogP contribution in [0.4, 0.5) is 0 Å². The number of nitrogens with one attached hydrogen (secondary N) is 1. The zero-order chi connectivity index (χ0) is 20.1. The summed E-state index contributed by atoms with van der Waals surface area (Å²) < 4.78 is 1.63. The average molecular weight is 420 g/mol. The Labute approximate surface area is 173 Å². The molecule has 1 N–H and O–H groups in total. The molecule has 0 saturated heterocycles. The molecule has 0 aliphatic heterocycles. The molecule has 29 heavy (non-hydrogen) atoms. The highest BCUT2D eigenvalue weighted by Gasteiger charge is 2.16. The fourth-order valence-electron chi connectivity index (χ4n) is 3.51. The zero-order valence-electron chi connectivity index (χ0n) is 15.3. The first-order chi connectivity index (χ1) is 14.0. The van der Waals surface area contributed by atoms with Gasteiger partial charge in [-0.3, -0.25) is 9.78 Å². The number of hydrogen-bond donors (Lipinski definition) is 1. The molecule has 3 aromatic heterocycles. The lowest BCUT2D eigenvalue weighted by atomic mass is 10.1. The Bertz CT molecular complexity index is 1530. The Morgan fingerprint density at radius 3 is 2.76 bits per heavy atom. The lowest BCUT2D eigenvalue weighted by Gasteiger charge is -2.07. The van der Waals surface area contributed by atoms with Crippen molar-refractivity contribution in [1.82, 2.24) is 14.5 Å². The molecule has 142 valence electrons. The Morgan fingerprint density at radius 2 is 1.90 bits per heavy atom. The van der Waals surface area contributed by atoms with Gasteiger partial charge in [0.1, 0.15) is 4.70 Å². The fourth-order valence-corrected chi connectivity index (χ4v) is 4.81. The summed E-state index contributed by atoms with van der Waals surface area (Å²) in [7, 11) is 0. The number of H-pyrrole nitrogens is 1. The van der Waals surface area contributed by atoms with Crippen molar-refractivity contribution in [2.24, 2.45) is 0 Å². The highest BCUT2D eigenvalue weighted by molar-refractivity contribution is 7.22.